The Bertz CT molecular complexity index is 1040. The van der Waals surface area contributed by atoms with Gasteiger partial charge in [0.15, 0.2) is 0 Å². The summed E-state index contributed by atoms with van der Waals surface area (Å²) in [7, 11) is 0. The second-order valence-electron chi connectivity index (χ2n) is 7.71. The molecule has 0 bridgehead atoms. The largest absolute Gasteiger partial charge is 0.442 e. The van der Waals surface area contributed by atoms with Crippen molar-refractivity contribution < 1.29 is 13.9 Å². The van der Waals surface area contributed by atoms with Crippen molar-refractivity contribution in [2.24, 2.45) is 0 Å². The van der Waals surface area contributed by atoms with E-state index in [9.17, 15) is 9.18 Å². The number of carbonyl (C=O) groups is 1. The molecular formula is C20H24FN7O2S2. The van der Waals surface area contributed by atoms with Crippen molar-refractivity contribution in [1.29, 1.82) is 0 Å². The Morgan fingerprint density at radius 2 is 2.06 bits per heavy atom. The van der Waals surface area contributed by atoms with E-state index in [0.29, 0.717) is 72.3 Å². The normalized spacial score (nSPS) is 18.7. The highest BCUT2D eigenvalue weighted by Gasteiger charge is 2.33. The molecular weight excluding hydrogens is 453 g/mol. The molecule has 2 saturated heterocycles. The lowest BCUT2D eigenvalue weighted by Gasteiger charge is -2.37. The summed E-state index contributed by atoms with van der Waals surface area (Å²) in [5.41, 5.74) is 0.966. The Morgan fingerprint density at radius 1 is 1.31 bits per heavy atom. The average Bonchev–Trinajstić information content (AvgIpc) is 3.37. The molecule has 1 aromatic carbocycles. The van der Waals surface area contributed by atoms with E-state index in [0.717, 1.165) is 0 Å². The molecule has 0 saturated carbocycles. The van der Waals surface area contributed by atoms with Crippen molar-refractivity contribution >= 4 is 51.9 Å². The number of ether oxygens (including phenoxy) is 1. The standard InChI is InChI=1S/C20H24FN7O2S2/c1-12-23-18(25-24-12)19(32)27-7-5-26(6-8-27)17-4-3-14(9-16(17)21)28-11-15(30-20(28)29)10-22-13(2)31/h3-4,9,15H,5-8,10-11H2,1-2H3,(H,22,31)(H,23,24,25). The summed E-state index contributed by atoms with van der Waals surface area (Å²) in [4.78, 5) is 23.2. The van der Waals surface area contributed by atoms with Gasteiger partial charge in [-0.2, -0.15) is 5.10 Å². The van der Waals surface area contributed by atoms with Crippen LogP contribution in [0.5, 0.6) is 0 Å². The van der Waals surface area contributed by atoms with Crippen molar-refractivity contribution in [3.63, 3.8) is 0 Å². The number of aromatic nitrogens is 3. The maximum absolute atomic E-state index is 15.0. The van der Waals surface area contributed by atoms with E-state index in [2.05, 4.69) is 20.5 Å². The van der Waals surface area contributed by atoms with Crippen LogP contribution in [0.3, 0.4) is 0 Å². The number of hydrogen-bond acceptors (Lipinski definition) is 7. The van der Waals surface area contributed by atoms with Gasteiger partial charge in [0.1, 0.15) is 22.7 Å². The van der Waals surface area contributed by atoms with Gasteiger partial charge in [0.25, 0.3) is 0 Å². The van der Waals surface area contributed by atoms with Crippen LogP contribution in [0, 0.1) is 12.7 Å². The van der Waals surface area contributed by atoms with E-state index >= 15 is 0 Å². The summed E-state index contributed by atoms with van der Waals surface area (Å²) in [6.07, 6.45) is -0.830. The molecule has 1 atom stereocenters. The molecule has 12 heteroatoms. The lowest BCUT2D eigenvalue weighted by atomic mass is 10.2. The zero-order chi connectivity index (χ0) is 22.8. The highest BCUT2D eigenvalue weighted by atomic mass is 32.1. The van der Waals surface area contributed by atoms with Crippen LogP contribution in [-0.2, 0) is 4.74 Å². The highest BCUT2D eigenvalue weighted by Crippen LogP contribution is 2.28. The second kappa shape index (κ2) is 9.33. The molecule has 9 nitrogen and oxygen atoms in total. The third kappa shape index (κ3) is 4.80. The van der Waals surface area contributed by atoms with Crippen LogP contribution in [0.25, 0.3) is 0 Å². The number of amides is 1. The van der Waals surface area contributed by atoms with E-state index in [1.54, 1.807) is 19.1 Å². The van der Waals surface area contributed by atoms with Gasteiger partial charge in [-0.05, 0) is 32.0 Å². The SMILES string of the molecule is CC(=S)NCC1CN(c2ccc(N3CCN(C(=S)c4n[nH]c(C)n4)CC3)c(F)c2)C(=O)O1. The molecule has 1 aromatic heterocycles. The summed E-state index contributed by atoms with van der Waals surface area (Å²) in [5.74, 6) is 0.835. The third-order valence-electron chi connectivity index (χ3n) is 5.39. The van der Waals surface area contributed by atoms with Crippen LogP contribution in [0.4, 0.5) is 20.6 Å². The number of cyclic esters (lactones) is 1. The quantitative estimate of drug-likeness (QED) is 0.628. The van der Waals surface area contributed by atoms with Gasteiger partial charge in [0.2, 0.25) is 5.82 Å². The van der Waals surface area contributed by atoms with E-state index in [1.165, 1.54) is 11.0 Å². The molecule has 2 aliphatic rings. The predicted octanol–water partition coefficient (Wildman–Crippen LogP) is 2.01. The number of aryl methyl sites for hydroxylation is 1. The number of anilines is 2. The Kier molecular flexibility index (Phi) is 6.51. The van der Waals surface area contributed by atoms with Crippen molar-refractivity contribution in [1.82, 2.24) is 25.4 Å². The van der Waals surface area contributed by atoms with E-state index in [1.807, 2.05) is 16.7 Å². The van der Waals surface area contributed by atoms with Gasteiger partial charge in [-0.3, -0.25) is 10.00 Å². The minimum atomic E-state index is -0.490. The first-order chi connectivity index (χ1) is 15.3. The first kappa shape index (κ1) is 22.3. The predicted molar refractivity (Wildman–Crippen MR) is 127 cm³/mol. The fourth-order valence-electron chi connectivity index (χ4n) is 3.75. The number of halogens is 1. The number of thiocarbonyl (C=S) groups is 2. The van der Waals surface area contributed by atoms with Crippen LogP contribution in [0.1, 0.15) is 18.6 Å². The molecule has 2 N–H and O–H groups in total. The number of piperazine rings is 1. The van der Waals surface area contributed by atoms with Gasteiger partial charge in [-0.1, -0.05) is 24.4 Å². The van der Waals surface area contributed by atoms with Gasteiger partial charge >= 0.3 is 6.09 Å². The number of rotatable bonds is 5. The Hall–Kier alpha value is -2.86. The Morgan fingerprint density at radius 3 is 2.69 bits per heavy atom. The van der Waals surface area contributed by atoms with Crippen molar-refractivity contribution in [2.45, 2.75) is 20.0 Å². The number of hydrogen-bond donors (Lipinski definition) is 2. The zero-order valence-electron chi connectivity index (χ0n) is 17.8. The van der Waals surface area contributed by atoms with Crippen LogP contribution in [0.2, 0.25) is 0 Å². The number of carbonyl (C=O) groups excluding carboxylic acids is 1. The van der Waals surface area contributed by atoms with E-state index < -0.39 is 6.09 Å². The third-order valence-corrected chi connectivity index (χ3v) is 5.98. The maximum Gasteiger partial charge on any atom is 0.414 e. The zero-order valence-corrected chi connectivity index (χ0v) is 19.4. The molecule has 3 heterocycles. The number of benzene rings is 1. The smallest absolute Gasteiger partial charge is 0.414 e. The summed E-state index contributed by atoms with van der Waals surface area (Å²) >= 11 is 10.5. The fourth-order valence-corrected chi connectivity index (χ4v) is 4.10. The molecule has 1 unspecified atom stereocenters. The van der Waals surface area contributed by atoms with Crippen molar-refractivity contribution in [2.75, 3.05) is 49.1 Å². The van der Waals surface area contributed by atoms with Crippen LogP contribution >= 0.6 is 24.4 Å². The van der Waals surface area contributed by atoms with Gasteiger partial charge in [0.05, 0.1) is 29.5 Å². The fraction of sp³-hybridized carbons (Fsp3) is 0.450. The molecule has 0 spiro atoms. The van der Waals surface area contributed by atoms with E-state index in [4.69, 9.17) is 29.2 Å². The highest BCUT2D eigenvalue weighted by molar-refractivity contribution is 7.80. The number of nitrogens with zero attached hydrogens (tertiary/aromatic N) is 5. The molecule has 2 aliphatic heterocycles. The molecule has 1 amide bonds. The average molecular weight is 478 g/mol. The number of H-pyrrole nitrogens is 1. The summed E-state index contributed by atoms with van der Waals surface area (Å²) in [5, 5.41) is 9.90. The van der Waals surface area contributed by atoms with Crippen molar-refractivity contribution in [3.8, 4) is 0 Å². The lowest BCUT2D eigenvalue weighted by Crippen LogP contribution is -2.49. The summed E-state index contributed by atoms with van der Waals surface area (Å²) in [6.45, 7) is 6.84. The molecule has 4 rings (SSSR count). The van der Waals surface area contributed by atoms with Gasteiger partial charge in [-0.25, -0.2) is 14.2 Å². The number of nitrogens with one attached hydrogen (secondary N) is 2. The van der Waals surface area contributed by atoms with Gasteiger partial charge < -0.3 is 19.9 Å². The summed E-state index contributed by atoms with van der Waals surface area (Å²) in [6, 6.07) is 4.83. The maximum atomic E-state index is 15.0. The first-order valence-electron chi connectivity index (χ1n) is 10.3. The minimum absolute atomic E-state index is 0.337. The Labute approximate surface area is 195 Å². The molecule has 2 fully saturated rings. The molecule has 32 heavy (non-hydrogen) atoms. The minimum Gasteiger partial charge on any atom is -0.442 e. The van der Waals surface area contributed by atoms with Crippen LogP contribution in [-0.4, -0.2) is 81.5 Å². The molecule has 0 radical (unpaired) electrons. The topological polar surface area (TPSA) is 89.6 Å². The molecule has 170 valence electrons. The molecule has 2 aromatic rings. The van der Waals surface area contributed by atoms with Crippen LogP contribution in [0.15, 0.2) is 18.2 Å². The van der Waals surface area contributed by atoms with E-state index in [-0.39, 0.29) is 11.9 Å². The second-order valence-corrected chi connectivity index (χ2v) is 8.71. The van der Waals surface area contributed by atoms with Gasteiger partial charge in [-0.15, -0.1) is 0 Å². The lowest BCUT2D eigenvalue weighted by molar-refractivity contribution is 0.143. The summed E-state index contributed by atoms with van der Waals surface area (Å²) < 4.78 is 20.3. The Balaban J connectivity index is 1.37. The number of aromatic amines is 1. The van der Waals surface area contributed by atoms with Crippen LogP contribution < -0.4 is 15.1 Å². The van der Waals surface area contributed by atoms with Crippen molar-refractivity contribution in [3.05, 3.63) is 35.7 Å². The first-order valence-corrected chi connectivity index (χ1v) is 11.1. The molecule has 0 aliphatic carbocycles. The van der Waals surface area contributed by atoms with Gasteiger partial charge in [0, 0.05) is 26.2 Å². The monoisotopic (exact) mass is 477 g/mol.